The number of halogens is 2. The predicted octanol–water partition coefficient (Wildman–Crippen LogP) is 7.34. The van der Waals surface area contributed by atoms with Crippen LogP contribution in [0.2, 0.25) is 5.02 Å². The van der Waals surface area contributed by atoms with Gasteiger partial charge in [-0.15, -0.1) is 0 Å². The van der Waals surface area contributed by atoms with Crippen molar-refractivity contribution in [2.75, 3.05) is 19.0 Å². The lowest BCUT2D eigenvalue weighted by Gasteiger charge is -2.11. The Morgan fingerprint density at radius 1 is 1.15 bits per heavy atom. The molecular weight excluding hydrogens is 457 g/mol. The molecule has 0 aliphatic rings. The molecule has 0 fully saturated rings. The van der Waals surface area contributed by atoms with E-state index in [4.69, 9.17) is 25.5 Å². The van der Waals surface area contributed by atoms with Crippen LogP contribution in [0.15, 0.2) is 71.4 Å². The van der Waals surface area contributed by atoms with E-state index in [1.807, 2.05) is 37.3 Å². The minimum Gasteiger partial charge on any atom is -0.496 e. The first-order valence-electron chi connectivity index (χ1n) is 10.7. The molecule has 1 heterocycles. The highest BCUT2D eigenvalue weighted by Crippen LogP contribution is 2.37. The van der Waals surface area contributed by atoms with Crippen molar-refractivity contribution in [3.05, 3.63) is 83.3 Å². The number of furan rings is 1. The second-order valence-corrected chi connectivity index (χ2v) is 8.03. The molecule has 4 aromatic rings. The average molecular weight is 480 g/mol. The van der Waals surface area contributed by atoms with Gasteiger partial charge in [-0.25, -0.2) is 4.39 Å². The zero-order valence-electron chi connectivity index (χ0n) is 18.9. The van der Waals surface area contributed by atoms with Crippen molar-refractivity contribution in [1.82, 2.24) is 0 Å². The van der Waals surface area contributed by atoms with Gasteiger partial charge >= 0.3 is 0 Å². The monoisotopic (exact) mass is 479 g/mol. The number of methoxy groups -OCH3 is 1. The molecule has 0 unspecified atom stereocenters. The third-order valence-electron chi connectivity index (χ3n) is 5.33. The third-order valence-corrected chi connectivity index (χ3v) is 5.57. The van der Waals surface area contributed by atoms with Gasteiger partial charge in [-0.2, -0.15) is 0 Å². The summed E-state index contributed by atoms with van der Waals surface area (Å²) in [6.45, 7) is 4.33. The fourth-order valence-electron chi connectivity index (χ4n) is 3.69. The van der Waals surface area contributed by atoms with Gasteiger partial charge in [0.15, 0.2) is 0 Å². The molecular formula is C27H23ClFNO4. The third kappa shape index (κ3) is 4.92. The summed E-state index contributed by atoms with van der Waals surface area (Å²) in [5.74, 6) is 0.270. The lowest BCUT2D eigenvalue weighted by Crippen LogP contribution is -2.10. The molecule has 174 valence electrons. The number of benzene rings is 3. The van der Waals surface area contributed by atoms with Crippen LogP contribution >= 0.6 is 11.6 Å². The Hall–Kier alpha value is -3.77. The summed E-state index contributed by atoms with van der Waals surface area (Å²) in [4.78, 5) is 12.6. The molecule has 0 aliphatic carbocycles. The van der Waals surface area contributed by atoms with Gasteiger partial charge in [-0.05, 0) is 61.4 Å². The van der Waals surface area contributed by atoms with Crippen LogP contribution < -0.4 is 14.8 Å². The summed E-state index contributed by atoms with van der Waals surface area (Å²) >= 11 is 5.78. The number of rotatable bonds is 7. The maximum Gasteiger partial charge on any atom is 0.248 e. The summed E-state index contributed by atoms with van der Waals surface area (Å²) in [6, 6.07) is 15.5. The molecule has 1 aromatic heterocycles. The number of hydrogen-bond donors (Lipinski definition) is 1. The maximum absolute atomic E-state index is 14.0. The number of anilines is 1. The molecule has 1 N–H and O–H groups in total. The Bertz CT molecular complexity index is 1380. The SMILES string of the molecule is CCOc1ccc(-c2coc3cc(OC)c(/C(C)=C/C(=O)Nc4ccc(Cl)cc4F)cc23)cc1. The zero-order chi connectivity index (χ0) is 24.2. The zero-order valence-corrected chi connectivity index (χ0v) is 19.7. The Morgan fingerprint density at radius 3 is 2.59 bits per heavy atom. The van der Waals surface area contributed by atoms with Gasteiger partial charge in [0.25, 0.3) is 0 Å². The predicted molar refractivity (Wildman–Crippen MR) is 133 cm³/mol. The number of fused-ring (bicyclic) bond motifs is 1. The molecule has 1 amide bonds. The number of carbonyl (C=O) groups excluding carboxylic acids is 1. The highest BCUT2D eigenvalue weighted by atomic mass is 35.5. The van der Waals surface area contributed by atoms with E-state index in [2.05, 4.69) is 5.32 Å². The van der Waals surface area contributed by atoms with Crippen LogP contribution in [0.5, 0.6) is 11.5 Å². The highest BCUT2D eigenvalue weighted by Gasteiger charge is 2.15. The molecule has 0 bridgehead atoms. The van der Waals surface area contributed by atoms with Crippen molar-refractivity contribution in [1.29, 1.82) is 0 Å². The van der Waals surface area contributed by atoms with Crippen molar-refractivity contribution in [3.8, 4) is 22.6 Å². The van der Waals surface area contributed by atoms with Gasteiger partial charge < -0.3 is 19.2 Å². The van der Waals surface area contributed by atoms with Crippen LogP contribution in [-0.4, -0.2) is 19.6 Å². The Morgan fingerprint density at radius 2 is 1.91 bits per heavy atom. The van der Waals surface area contributed by atoms with Crippen molar-refractivity contribution >= 4 is 39.7 Å². The minimum atomic E-state index is -0.607. The molecule has 4 rings (SSSR count). The largest absolute Gasteiger partial charge is 0.496 e. The van der Waals surface area contributed by atoms with Crippen molar-refractivity contribution < 1.29 is 23.1 Å². The molecule has 34 heavy (non-hydrogen) atoms. The van der Waals surface area contributed by atoms with Crippen LogP contribution in [0.25, 0.3) is 27.7 Å². The fraction of sp³-hybridized carbons (Fsp3) is 0.148. The number of nitrogens with one attached hydrogen (secondary N) is 1. The van der Waals surface area contributed by atoms with Crippen LogP contribution in [0, 0.1) is 5.82 Å². The minimum absolute atomic E-state index is 0.0495. The standard InChI is InChI=1S/C27H23ClFNO4/c1-4-33-19-8-5-17(6-9-19)22-15-34-26-14-25(32-3)20(13-21(22)26)16(2)11-27(31)30-24-10-7-18(28)12-23(24)29/h5-15H,4H2,1-3H3,(H,30,31)/b16-11+. The quantitative estimate of drug-likeness (QED) is 0.282. The summed E-state index contributed by atoms with van der Waals surface area (Å²) in [5.41, 5.74) is 3.94. The summed E-state index contributed by atoms with van der Waals surface area (Å²) in [6.07, 6.45) is 3.09. The van der Waals surface area contributed by atoms with Crippen LogP contribution in [0.4, 0.5) is 10.1 Å². The molecule has 0 radical (unpaired) electrons. The second kappa shape index (κ2) is 10.0. The van der Waals surface area contributed by atoms with Crippen LogP contribution in [0.3, 0.4) is 0 Å². The normalized spacial score (nSPS) is 11.5. The van der Waals surface area contributed by atoms with Gasteiger partial charge in [0.2, 0.25) is 5.91 Å². The molecule has 0 atom stereocenters. The molecule has 7 heteroatoms. The maximum atomic E-state index is 14.0. The number of amides is 1. The number of allylic oxidation sites excluding steroid dienone is 1. The van der Waals surface area contributed by atoms with E-state index in [0.29, 0.717) is 23.5 Å². The first-order chi connectivity index (χ1) is 16.4. The van der Waals surface area contributed by atoms with E-state index in [0.717, 1.165) is 33.9 Å². The number of hydrogen-bond acceptors (Lipinski definition) is 4. The van der Waals surface area contributed by atoms with Crippen molar-refractivity contribution in [3.63, 3.8) is 0 Å². The van der Waals surface area contributed by atoms with Gasteiger partial charge in [0.05, 0.1) is 25.7 Å². The highest BCUT2D eigenvalue weighted by molar-refractivity contribution is 6.30. The molecule has 0 saturated carbocycles. The molecule has 3 aromatic carbocycles. The van der Waals surface area contributed by atoms with E-state index < -0.39 is 11.7 Å². The van der Waals surface area contributed by atoms with Crippen molar-refractivity contribution in [2.24, 2.45) is 0 Å². The van der Waals surface area contributed by atoms with E-state index in [9.17, 15) is 9.18 Å². The average Bonchev–Trinajstić information content (AvgIpc) is 3.23. The van der Waals surface area contributed by atoms with E-state index >= 15 is 0 Å². The number of ether oxygens (including phenoxy) is 2. The molecule has 0 saturated heterocycles. The molecule has 0 aliphatic heterocycles. The second-order valence-electron chi connectivity index (χ2n) is 7.60. The smallest absolute Gasteiger partial charge is 0.248 e. The Labute approximate surface area is 201 Å². The van der Waals surface area contributed by atoms with E-state index in [1.54, 1.807) is 26.4 Å². The summed E-state index contributed by atoms with van der Waals surface area (Å²) in [5, 5.41) is 3.67. The first-order valence-corrected chi connectivity index (χ1v) is 11.0. The van der Waals surface area contributed by atoms with Crippen molar-refractivity contribution in [2.45, 2.75) is 13.8 Å². The van der Waals surface area contributed by atoms with Gasteiger partial charge in [-0.3, -0.25) is 4.79 Å². The Balaban J connectivity index is 1.68. The summed E-state index contributed by atoms with van der Waals surface area (Å²) < 4.78 is 30.9. The lowest BCUT2D eigenvalue weighted by atomic mass is 9.99. The summed E-state index contributed by atoms with van der Waals surface area (Å²) in [7, 11) is 1.55. The molecule has 5 nitrogen and oxygen atoms in total. The van der Waals surface area contributed by atoms with E-state index in [-0.39, 0.29) is 10.7 Å². The fourth-order valence-corrected chi connectivity index (χ4v) is 3.85. The number of carbonyl (C=O) groups is 1. The Kier molecular flexibility index (Phi) is 6.89. The van der Waals surface area contributed by atoms with Crippen LogP contribution in [0.1, 0.15) is 19.4 Å². The van der Waals surface area contributed by atoms with E-state index in [1.165, 1.54) is 18.2 Å². The van der Waals surface area contributed by atoms with Gasteiger partial charge in [0, 0.05) is 33.7 Å². The van der Waals surface area contributed by atoms with Gasteiger partial charge in [0.1, 0.15) is 22.9 Å². The lowest BCUT2D eigenvalue weighted by molar-refractivity contribution is -0.111. The molecule has 0 spiro atoms. The topological polar surface area (TPSA) is 60.7 Å². The first kappa shape index (κ1) is 23.4. The van der Waals surface area contributed by atoms with Gasteiger partial charge in [-0.1, -0.05) is 23.7 Å². The van der Waals surface area contributed by atoms with Crippen LogP contribution in [-0.2, 0) is 4.79 Å².